The molecule has 82 valence electrons. The van der Waals surface area contributed by atoms with Gasteiger partial charge in [-0.15, -0.1) is 0 Å². The fraction of sp³-hybridized carbons (Fsp3) is 0.900. The minimum absolute atomic E-state index is 0.0733. The van der Waals surface area contributed by atoms with Crippen molar-refractivity contribution in [3.8, 4) is 0 Å². The Morgan fingerprint density at radius 2 is 2.43 bits per heavy atom. The largest absolute Gasteiger partial charge is 0.377 e. The molecule has 1 rings (SSSR count). The summed E-state index contributed by atoms with van der Waals surface area (Å²) in [5, 5.41) is 0. The van der Waals surface area contributed by atoms with Crippen LogP contribution >= 0.6 is 0 Å². The van der Waals surface area contributed by atoms with E-state index in [1.807, 2.05) is 18.7 Å². The summed E-state index contributed by atoms with van der Waals surface area (Å²) < 4.78 is 10.5. The molecule has 0 spiro atoms. The first-order valence-corrected chi connectivity index (χ1v) is 5.21. The summed E-state index contributed by atoms with van der Waals surface area (Å²) in [6, 6.07) is 0. The minimum atomic E-state index is 0.0733. The topological polar surface area (TPSA) is 38.8 Å². The molecule has 1 amide bonds. The average Bonchev–Trinajstić information content (AvgIpc) is 2.39. The molecule has 1 heterocycles. The second-order valence-corrected chi connectivity index (χ2v) is 3.51. The normalized spacial score (nSPS) is 23.3. The van der Waals surface area contributed by atoms with E-state index >= 15 is 0 Å². The Morgan fingerprint density at radius 3 is 3.14 bits per heavy atom. The van der Waals surface area contributed by atoms with Gasteiger partial charge in [-0.2, -0.15) is 0 Å². The van der Waals surface area contributed by atoms with Crippen LogP contribution in [0.3, 0.4) is 0 Å². The van der Waals surface area contributed by atoms with E-state index < -0.39 is 0 Å². The predicted octanol–water partition coefficient (Wildman–Crippen LogP) is 0.660. The van der Waals surface area contributed by atoms with Crippen molar-refractivity contribution in [3.63, 3.8) is 0 Å². The summed E-state index contributed by atoms with van der Waals surface area (Å²) in [7, 11) is 0. The molecule has 1 aliphatic rings. The maximum Gasteiger partial charge on any atom is 0.248 e. The first kappa shape index (κ1) is 11.5. The van der Waals surface area contributed by atoms with Gasteiger partial charge in [0.1, 0.15) is 6.61 Å². The second kappa shape index (κ2) is 5.98. The molecule has 1 unspecified atom stereocenters. The van der Waals surface area contributed by atoms with Gasteiger partial charge in [-0.05, 0) is 20.3 Å². The molecular formula is C10H19NO3. The van der Waals surface area contributed by atoms with E-state index in [1.165, 1.54) is 0 Å². The van der Waals surface area contributed by atoms with Crippen LogP contribution in [0.1, 0.15) is 20.3 Å². The van der Waals surface area contributed by atoms with Gasteiger partial charge < -0.3 is 14.4 Å². The van der Waals surface area contributed by atoms with Gasteiger partial charge in [-0.3, -0.25) is 4.79 Å². The molecule has 0 aromatic carbocycles. The zero-order valence-corrected chi connectivity index (χ0v) is 8.99. The number of ether oxygens (including phenoxy) is 2. The Morgan fingerprint density at radius 1 is 1.64 bits per heavy atom. The molecular weight excluding hydrogens is 182 g/mol. The molecule has 0 radical (unpaired) electrons. The molecule has 0 saturated carbocycles. The van der Waals surface area contributed by atoms with Gasteiger partial charge >= 0.3 is 0 Å². The summed E-state index contributed by atoms with van der Waals surface area (Å²) >= 11 is 0. The van der Waals surface area contributed by atoms with E-state index in [0.717, 1.165) is 19.6 Å². The third-order valence-electron chi connectivity index (χ3n) is 2.23. The van der Waals surface area contributed by atoms with Crippen LogP contribution < -0.4 is 0 Å². The Hall–Kier alpha value is -0.610. The van der Waals surface area contributed by atoms with E-state index in [-0.39, 0.29) is 18.6 Å². The first-order valence-electron chi connectivity index (χ1n) is 5.21. The van der Waals surface area contributed by atoms with E-state index in [4.69, 9.17) is 9.47 Å². The molecule has 0 aromatic heterocycles. The van der Waals surface area contributed by atoms with E-state index in [9.17, 15) is 4.79 Å². The molecule has 1 atom stereocenters. The fourth-order valence-electron chi connectivity index (χ4n) is 1.50. The third kappa shape index (κ3) is 3.64. The van der Waals surface area contributed by atoms with E-state index in [2.05, 4.69) is 0 Å². The van der Waals surface area contributed by atoms with Crippen LogP contribution in [-0.2, 0) is 14.3 Å². The molecule has 1 fully saturated rings. The highest BCUT2D eigenvalue weighted by Crippen LogP contribution is 2.05. The number of rotatable bonds is 3. The fourth-order valence-corrected chi connectivity index (χ4v) is 1.50. The van der Waals surface area contributed by atoms with Crippen LogP contribution in [0.5, 0.6) is 0 Å². The predicted molar refractivity (Wildman–Crippen MR) is 53.1 cm³/mol. The number of hydrogen-bond acceptors (Lipinski definition) is 3. The number of carbonyl (C=O) groups is 1. The van der Waals surface area contributed by atoms with Crippen molar-refractivity contribution in [1.82, 2.24) is 4.90 Å². The van der Waals surface area contributed by atoms with E-state index in [1.54, 1.807) is 0 Å². The van der Waals surface area contributed by atoms with Crippen molar-refractivity contribution < 1.29 is 14.3 Å². The SMILES string of the molecule is CCOCC(=O)N1CCCOC(C)C1. The van der Waals surface area contributed by atoms with Gasteiger partial charge in [-0.1, -0.05) is 0 Å². The Labute approximate surface area is 85.2 Å². The highest BCUT2D eigenvalue weighted by molar-refractivity contribution is 5.77. The molecule has 4 heteroatoms. The van der Waals surface area contributed by atoms with Crippen molar-refractivity contribution in [1.29, 1.82) is 0 Å². The lowest BCUT2D eigenvalue weighted by atomic mass is 10.3. The summed E-state index contributed by atoms with van der Waals surface area (Å²) in [5.41, 5.74) is 0. The lowest BCUT2D eigenvalue weighted by molar-refractivity contribution is -0.136. The first-order chi connectivity index (χ1) is 6.74. The second-order valence-electron chi connectivity index (χ2n) is 3.51. The molecule has 0 aliphatic carbocycles. The highest BCUT2D eigenvalue weighted by atomic mass is 16.5. The Kier molecular flexibility index (Phi) is 4.90. The summed E-state index contributed by atoms with van der Waals surface area (Å²) in [6.07, 6.45) is 1.06. The van der Waals surface area contributed by atoms with Crippen LogP contribution in [0, 0.1) is 0 Å². The summed E-state index contributed by atoms with van der Waals surface area (Å²) in [6.45, 7) is 6.89. The van der Waals surface area contributed by atoms with Gasteiger partial charge in [0.05, 0.1) is 6.10 Å². The monoisotopic (exact) mass is 201 g/mol. The zero-order chi connectivity index (χ0) is 10.4. The molecule has 14 heavy (non-hydrogen) atoms. The summed E-state index contributed by atoms with van der Waals surface area (Å²) in [5.74, 6) is 0.0733. The van der Waals surface area contributed by atoms with Crippen LogP contribution in [0.2, 0.25) is 0 Å². The van der Waals surface area contributed by atoms with Crippen molar-refractivity contribution in [2.45, 2.75) is 26.4 Å². The highest BCUT2D eigenvalue weighted by Gasteiger charge is 2.19. The number of nitrogens with zero attached hydrogens (tertiary/aromatic N) is 1. The van der Waals surface area contributed by atoms with Crippen molar-refractivity contribution in [3.05, 3.63) is 0 Å². The van der Waals surface area contributed by atoms with E-state index in [0.29, 0.717) is 13.2 Å². The lowest BCUT2D eigenvalue weighted by Gasteiger charge is -2.21. The van der Waals surface area contributed by atoms with Crippen LogP contribution in [0.15, 0.2) is 0 Å². The third-order valence-corrected chi connectivity index (χ3v) is 2.23. The van der Waals surface area contributed by atoms with Gasteiger partial charge in [-0.25, -0.2) is 0 Å². The minimum Gasteiger partial charge on any atom is -0.377 e. The molecule has 1 aliphatic heterocycles. The molecule has 0 bridgehead atoms. The van der Waals surface area contributed by atoms with Crippen molar-refractivity contribution in [2.24, 2.45) is 0 Å². The lowest BCUT2D eigenvalue weighted by Crippen LogP contribution is -2.38. The van der Waals surface area contributed by atoms with Crippen LogP contribution in [0.4, 0.5) is 0 Å². The van der Waals surface area contributed by atoms with Gasteiger partial charge in [0.2, 0.25) is 5.91 Å². The van der Waals surface area contributed by atoms with Crippen LogP contribution in [-0.4, -0.2) is 49.8 Å². The summed E-state index contributed by atoms with van der Waals surface area (Å²) in [4.78, 5) is 13.4. The Balaban J connectivity index is 2.36. The van der Waals surface area contributed by atoms with Crippen molar-refractivity contribution in [2.75, 3.05) is 32.9 Å². The smallest absolute Gasteiger partial charge is 0.248 e. The van der Waals surface area contributed by atoms with Gasteiger partial charge in [0.25, 0.3) is 0 Å². The average molecular weight is 201 g/mol. The Bertz CT molecular complexity index is 184. The maximum absolute atomic E-state index is 11.6. The number of carbonyl (C=O) groups excluding carboxylic acids is 1. The molecule has 0 aromatic rings. The quantitative estimate of drug-likeness (QED) is 0.673. The molecule has 1 saturated heterocycles. The van der Waals surface area contributed by atoms with Crippen molar-refractivity contribution >= 4 is 5.91 Å². The standard InChI is InChI=1S/C10H19NO3/c1-3-13-8-10(12)11-5-4-6-14-9(2)7-11/h9H,3-8H2,1-2H3. The molecule has 4 nitrogen and oxygen atoms in total. The van der Waals surface area contributed by atoms with Gasteiger partial charge in [0, 0.05) is 26.3 Å². The van der Waals surface area contributed by atoms with Crippen LogP contribution in [0.25, 0.3) is 0 Å². The number of hydrogen-bond donors (Lipinski definition) is 0. The number of amides is 1. The zero-order valence-electron chi connectivity index (χ0n) is 8.99. The van der Waals surface area contributed by atoms with Gasteiger partial charge in [0.15, 0.2) is 0 Å². The maximum atomic E-state index is 11.6. The molecule has 0 N–H and O–H groups in total.